The van der Waals surface area contributed by atoms with Crippen LogP contribution in [0.2, 0.25) is 0 Å². The van der Waals surface area contributed by atoms with E-state index in [0.29, 0.717) is 12.6 Å². The number of carbonyl (C=O) groups excluding carboxylic acids is 1. The van der Waals surface area contributed by atoms with Crippen LogP contribution < -0.4 is 15.4 Å². The third-order valence-corrected chi connectivity index (χ3v) is 3.89. The van der Waals surface area contributed by atoms with Gasteiger partial charge in [-0.1, -0.05) is 31.0 Å². The summed E-state index contributed by atoms with van der Waals surface area (Å²) in [6, 6.07) is 8.35. The van der Waals surface area contributed by atoms with E-state index in [4.69, 9.17) is 4.74 Å². The van der Waals surface area contributed by atoms with E-state index in [1.165, 1.54) is 12.8 Å². The average molecular weight is 276 g/mol. The molecule has 1 saturated carbocycles. The minimum Gasteiger partial charge on any atom is -0.496 e. The molecule has 1 amide bonds. The molecule has 2 rings (SSSR count). The average Bonchev–Trinajstić information content (AvgIpc) is 2.97. The number of carbonyl (C=O) groups is 1. The van der Waals surface area contributed by atoms with Crippen LogP contribution >= 0.6 is 0 Å². The number of benzene rings is 1. The van der Waals surface area contributed by atoms with Gasteiger partial charge in [-0.25, -0.2) is 0 Å². The molecule has 4 nitrogen and oxygen atoms in total. The molecule has 0 radical (unpaired) electrons. The highest BCUT2D eigenvalue weighted by Crippen LogP contribution is 2.24. The van der Waals surface area contributed by atoms with E-state index in [-0.39, 0.29) is 11.9 Å². The van der Waals surface area contributed by atoms with Crippen LogP contribution in [-0.4, -0.2) is 25.6 Å². The zero-order valence-corrected chi connectivity index (χ0v) is 12.3. The van der Waals surface area contributed by atoms with Gasteiger partial charge in [0.25, 0.3) is 0 Å². The van der Waals surface area contributed by atoms with Crippen molar-refractivity contribution in [2.75, 3.05) is 13.7 Å². The van der Waals surface area contributed by atoms with Gasteiger partial charge < -0.3 is 15.4 Å². The first-order chi connectivity index (χ1) is 9.70. The molecule has 2 N–H and O–H groups in total. The number of amides is 1. The van der Waals surface area contributed by atoms with Gasteiger partial charge in [0.05, 0.1) is 13.7 Å². The molecule has 1 aliphatic carbocycles. The predicted octanol–water partition coefficient (Wildman–Crippen LogP) is 2.40. The van der Waals surface area contributed by atoms with Crippen LogP contribution in [0.3, 0.4) is 0 Å². The maximum atomic E-state index is 11.9. The van der Waals surface area contributed by atoms with Crippen molar-refractivity contribution in [2.24, 2.45) is 0 Å². The van der Waals surface area contributed by atoms with Gasteiger partial charge >= 0.3 is 0 Å². The van der Waals surface area contributed by atoms with E-state index in [0.717, 1.165) is 24.2 Å². The number of nitrogens with one attached hydrogen (secondary N) is 2. The molecule has 1 aromatic carbocycles. The van der Waals surface area contributed by atoms with E-state index in [9.17, 15) is 4.79 Å². The van der Waals surface area contributed by atoms with Crippen molar-refractivity contribution >= 4 is 5.91 Å². The quantitative estimate of drug-likeness (QED) is 0.839. The Labute approximate surface area is 120 Å². The SMILES string of the molecule is COc1ccccc1[C@@H](C)NCC(=O)NC1CCCC1. The van der Waals surface area contributed by atoms with Crippen LogP contribution in [0.1, 0.15) is 44.2 Å². The second-order valence-corrected chi connectivity index (χ2v) is 5.39. The zero-order valence-electron chi connectivity index (χ0n) is 12.3. The first-order valence-electron chi connectivity index (χ1n) is 7.36. The van der Waals surface area contributed by atoms with Crippen molar-refractivity contribution < 1.29 is 9.53 Å². The Balaban J connectivity index is 1.81. The Kier molecular flexibility index (Phi) is 5.41. The normalized spacial score (nSPS) is 16.9. The van der Waals surface area contributed by atoms with Gasteiger partial charge in [0.2, 0.25) is 5.91 Å². The zero-order chi connectivity index (χ0) is 14.4. The number of methoxy groups -OCH3 is 1. The Hall–Kier alpha value is -1.55. The third-order valence-electron chi connectivity index (χ3n) is 3.89. The van der Waals surface area contributed by atoms with Crippen LogP contribution in [0, 0.1) is 0 Å². The van der Waals surface area contributed by atoms with Crippen molar-refractivity contribution in [2.45, 2.75) is 44.7 Å². The number of hydrogen-bond acceptors (Lipinski definition) is 3. The fraction of sp³-hybridized carbons (Fsp3) is 0.562. The van der Waals surface area contributed by atoms with E-state index in [1.54, 1.807) is 7.11 Å². The van der Waals surface area contributed by atoms with Crippen molar-refractivity contribution in [3.8, 4) is 5.75 Å². The second-order valence-electron chi connectivity index (χ2n) is 5.39. The molecule has 1 atom stereocenters. The van der Waals surface area contributed by atoms with Gasteiger partial charge in [0.15, 0.2) is 0 Å². The number of hydrogen-bond donors (Lipinski definition) is 2. The van der Waals surface area contributed by atoms with Gasteiger partial charge in [-0.15, -0.1) is 0 Å². The molecule has 1 fully saturated rings. The summed E-state index contributed by atoms with van der Waals surface area (Å²) in [6.45, 7) is 2.39. The van der Waals surface area contributed by atoms with E-state index >= 15 is 0 Å². The van der Waals surface area contributed by atoms with E-state index < -0.39 is 0 Å². The van der Waals surface area contributed by atoms with Crippen LogP contribution in [-0.2, 0) is 4.79 Å². The van der Waals surface area contributed by atoms with Crippen LogP contribution in [0.25, 0.3) is 0 Å². The van der Waals surface area contributed by atoms with E-state index in [2.05, 4.69) is 10.6 Å². The highest BCUT2D eigenvalue weighted by Gasteiger charge is 2.17. The maximum Gasteiger partial charge on any atom is 0.234 e. The Morgan fingerprint density at radius 1 is 1.35 bits per heavy atom. The highest BCUT2D eigenvalue weighted by atomic mass is 16.5. The monoisotopic (exact) mass is 276 g/mol. The highest BCUT2D eigenvalue weighted by molar-refractivity contribution is 5.78. The number of ether oxygens (including phenoxy) is 1. The molecule has 1 aliphatic rings. The molecule has 0 bridgehead atoms. The molecule has 0 saturated heterocycles. The minimum atomic E-state index is 0.0821. The van der Waals surface area contributed by atoms with Gasteiger partial charge in [-0.3, -0.25) is 4.79 Å². The fourth-order valence-electron chi connectivity index (χ4n) is 2.73. The topological polar surface area (TPSA) is 50.4 Å². The Morgan fingerprint density at radius 2 is 2.05 bits per heavy atom. The molecule has 0 heterocycles. The van der Waals surface area contributed by atoms with Gasteiger partial charge in [0.1, 0.15) is 5.75 Å². The molecule has 0 unspecified atom stereocenters. The molecule has 0 aliphatic heterocycles. The molecule has 0 spiro atoms. The lowest BCUT2D eigenvalue weighted by Gasteiger charge is -2.18. The largest absolute Gasteiger partial charge is 0.496 e. The van der Waals surface area contributed by atoms with Gasteiger partial charge in [-0.05, 0) is 25.8 Å². The molecule has 110 valence electrons. The smallest absolute Gasteiger partial charge is 0.234 e. The molecule has 20 heavy (non-hydrogen) atoms. The fourth-order valence-corrected chi connectivity index (χ4v) is 2.73. The van der Waals surface area contributed by atoms with Crippen molar-refractivity contribution in [3.05, 3.63) is 29.8 Å². The summed E-state index contributed by atoms with van der Waals surface area (Å²) in [5.41, 5.74) is 1.07. The summed E-state index contributed by atoms with van der Waals surface area (Å²) in [5.74, 6) is 0.933. The lowest BCUT2D eigenvalue weighted by atomic mass is 10.1. The van der Waals surface area contributed by atoms with Crippen LogP contribution in [0.15, 0.2) is 24.3 Å². The summed E-state index contributed by atoms with van der Waals surface area (Å²) in [7, 11) is 1.67. The molecule has 0 aromatic heterocycles. The number of para-hydroxylation sites is 1. The van der Waals surface area contributed by atoms with Crippen molar-refractivity contribution in [1.82, 2.24) is 10.6 Å². The summed E-state index contributed by atoms with van der Waals surface area (Å²) in [6.07, 6.45) is 4.70. The van der Waals surface area contributed by atoms with Crippen LogP contribution in [0.4, 0.5) is 0 Å². The van der Waals surface area contributed by atoms with Crippen molar-refractivity contribution in [1.29, 1.82) is 0 Å². The Morgan fingerprint density at radius 3 is 2.75 bits per heavy atom. The second kappa shape index (κ2) is 7.29. The van der Waals surface area contributed by atoms with Crippen LogP contribution in [0.5, 0.6) is 5.75 Å². The predicted molar refractivity (Wildman–Crippen MR) is 79.8 cm³/mol. The first kappa shape index (κ1) is 14.9. The first-order valence-corrected chi connectivity index (χ1v) is 7.36. The molecular formula is C16H24N2O2. The van der Waals surface area contributed by atoms with E-state index in [1.807, 2.05) is 31.2 Å². The molecule has 4 heteroatoms. The number of rotatable bonds is 6. The maximum absolute atomic E-state index is 11.9. The molecule has 1 aromatic rings. The standard InChI is InChI=1S/C16H24N2O2/c1-12(14-9-5-6-10-15(14)20-2)17-11-16(19)18-13-7-3-4-8-13/h5-6,9-10,12-13,17H,3-4,7-8,11H2,1-2H3,(H,18,19)/t12-/m1/s1. The summed E-state index contributed by atoms with van der Waals surface area (Å²) < 4.78 is 5.34. The lowest BCUT2D eigenvalue weighted by molar-refractivity contribution is -0.121. The van der Waals surface area contributed by atoms with Gasteiger partial charge in [0, 0.05) is 17.6 Å². The minimum absolute atomic E-state index is 0.0821. The van der Waals surface area contributed by atoms with Crippen molar-refractivity contribution in [3.63, 3.8) is 0 Å². The molecular weight excluding hydrogens is 252 g/mol. The third kappa shape index (κ3) is 3.97. The summed E-state index contributed by atoms with van der Waals surface area (Å²) in [4.78, 5) is 11.9. The summed E-state index contributed by atoms with van der Waals surface area (Å²) in [5, 5.41) is 6.34. The lowest BCUT2D eigenvalue weighted by Crippen LogP contribution is -2.39. The Bertz CT molecular complexity index is 442. The summed E-state index contributed by atoms with van der Waals surface area (Å²) >= 11 is 0. The van der Waals surface area contributed by atoms with Gasteiger partial charge in [-0.2, -0.15) is 0 Å².